The van der Waals surface area contributed by atoms with Gasteiger partial charge in [-0.3, -0.25) is 0 Å². The highest BCUT2D eigenvalue weighted by Gasteiger charge is 2.34. The highest BCUT2D eigenvalue weighted by atomic mass is 127. The van der Waals surface area contributed by atoms with E-state index in [1.165, 1.54) is 0 Å². The second-order valence-corrected chi connectivity index (χ2v) is 8.50. The van der Waals surface area contributed by atoms with Crippen LogP contribution in [0.15, 0.2) is 60.7 Å². The molecule has 154 valence electrons. The van der Waals surface area contributed by atoms with E-state index in [9.17, 15) is 10.2 Å². The summed E-state index contributed by atoms with van der Waals surface area (Å²) in [6.07, 6.45) is -2.53. The number of halogens is 2. The van der Waals surface area contributed by atoms with Crippen molar-refractivity contribution >= 4 is 45.2 Å². The van der Waals surface area contributed by atoms with Gasteiger partial charge in [0, 0.05) is 0 Å². The van der Waals surface area contributed by atoms with E-state index >= 15 is 0 Å². The fourth-order valence-corrected chi connectivity index (χ4v) is 4.58. The third-order valence-corrected chi connectivity index (χ3v) is 5.70. The molecule has 3 aromatic rings. The van der Waals surface area contributed by atoms with Gasteiger partial charge in [-0.25, -0.2) is 4.98 Å². The van der Waals surface area contributed by atoms with E-state index in [0.717, 1.165) is 24.4 Å². The fourth-order valence-electron chi connectivity index (χ4n) is 2.90. The lowest BCUT2D eigenvalue weighted by Crippen LogP contribution is -2.39. The molecular weight excluding hydrogens is 598 g/mol. The lowest BCUT2D eigenvalue weighted by atomic mass is 10.1. The molecule has 0 radical (unpaired) electrons. The van der Waals surface area contributed by atoms with E-state index in [-0.39, 0.29) is 6.61 Å². The predicted molar refractivity (Wildman–Crippen MR) is 126 cm³/mol. The normalized spacial score (nSPS) is 14.5. The third-order valence-electron chi connectivity index (χ3n) is 4.36. The zero-order chi connectivity index (χ0) is 20.6. The number of hydrogen-bond acceptors (Lipinski definition) is 5. The molecule has 0 amide bonds. The summed E-state index contributed by atoms with van der Waals surface area (Å²) in [6.45, 7) is 0.183. The SMILES string of the molecule is OC[C@H](O)[C@@H](OCc1ccccc1)[C@H](OCc1ccccc1)c1[nH]c(I)nc1I. The maximum absolute atomic E-state index is 10.5. The van der Waals surface area contributed by atoms with Crippen molar-refractivity contribution in [3.05, 3.63) is 85.0 Å². The summed E-state index contributed by atoms with van der Waals surface area (Å²) in [4.78, 5) is 7.62. The van der Waals surface area contributed by atoms with E-state index in [1.54, 1.807) is 0 Å². The Kier molecular flexibility index (Phi) is 8.87. The van der Waals surface area contributed by atoms with Crippen LogP contribution in [0, 0.1) is 7.53 Å². The van der Waals surface area contributed by atoms with E-state index in [1.807, 2.05) is 60.7 Å². The Bertz CT molecular complexity index is 877. The summed E-state index contributed by atoms with van der Waals surface area (Å²) in [5.74, 6) is 0. The Morgan fingerprint density at radius 2 is 1.45 bits per heavy atom. The molecule has 1 aromatic heterocycles. The third kappa shape index (κ3) is 6.46. The van der Waals surface area contributed by atoms with E-state index in [2.05, 4.69) is 55.1 Å². The standard InChI is InChI=1S/C21H22I2N2O4/c22-20-17(24-21(23)25-20)19(29-13-15-9-5-2-6-10-15)18(16(27)11-26)28-12-14-7-3-1-4-8-14/h1-10,16,18-19,26-27H,11-13H2,(H,24,25)/t16-,18+,19+/m0/s1. The molecule has 0 aliphatic heterocycles. The van der Waals surface area contributed by atoms with Gasteiger partial charge >= 0.3 is 0 Å². The average Bonchev–Trinajstić information content (AvgIpc) is 3.09. The van der Waals surface area contributed by atoms with Crippen molar-refractivity contribution in [2.75, 3.05) is 6.61 Å². The van der Waals surface area contributed by atoms with Crippen LogP contribution in [0.1, 0.15) is 22.9 Å². The number of aliphatic hydroxyl groups is 2. The second-order valence-electron chi connectivity index (χ2n) is 6.46. The van der Waals surface area contributed by atoms with Gasteiger partial charge in [0.2, 0.25) is 0 Å². The molecule has 0 fully saturated rings. The van der Waals surface area contributed by atoms with Gasteiger partial charge in [-0.05, 0) is 56.3 Å². The molecule has 3 rings (SSSR count). The van der Waals surface area contributed by atoms with Crippen molar-refractivity contribution in [3.8, 4) is 0 Å². The van der Waals surface area contributed by atoms with Crippen molar-refractivity contribution in [3.63, 3.8) is 0 Å². The molecule has 0 aliphatic rings. The number of nitrogens with zero attached hydrogens (tertiary/aromatic N) is 1. The smallest absolute Gasteiger partial charge is 0.170 e. The number of aromatic nitrogens is 2. The predicted octanol–water partition coefficient (Wildman–Crippen LogP) is 3.82. The van der Waals surface area contributed by atoms with Crippen molar-refractivity contribution in [1.82, 2.24) is 9.97 Å². The van der Waals surface area contributed by atoms with Crippen LogP contribution < -0.4 is 0 Å². The zero-order valence-corrected chi connectivity index (χ0v) is 19.9. The van der Waals surface area contributed by atoms with Crippen LogP contribution in [-0.4, -0.2) is 39.0 Å². The van der Waals surface area contributed by atoms with E-state index in [4.69, 9.17) is 9.47 Å². The van der Waals surface area contributed by atoms with Gasteiger partial charge in [0.1, 0.15) is 22.0 Å². The lowest BCUT2D eigenvalue weighted by molar-refractivity contribution is -0.145. The van der Waals surface area contributed by atoms with Crippen LogP contribution in [0.2, 0.25) is 0 Å². The Labute approximate surface area is 197 Å². The number of rotatable bonds is 10. The highest BCUT2D eigenvalue weighted by molar-refractivity contribution is 14.1. The van der Waals surface area contributed by atoms with Crippen LogP contribution in [0.25, 0.3) is 0 Å². The number of nitrogens with one attached hydrogen (secondary N) is 1. The van der Waals surface area contributed by atoms with Crippen LogP contribution in [0.4, 0.5) is 0 Å². The summed E-state index contributed by atoms with van der Waals surface area (Å²) in [5.41, 5.74) is 2.69. The molecule has 0 aliphatic carbocycles. The summed E-state index contributed by atoms with van der Waals surface area (Å²) < 4.78 is 13.7. The first-order chi connectivity index (χ1) is 14.1. The number of hydrogen-bond donors (Lipinski definition) is 3. The maximum Gasteiger partial charge on any atom is 0.170 e. The molecule has 6 nitrogen and oxygen atoms in total. The minimum absolute atomic E-state index is 0.287. The van der Waals surface area contributed by atoms with Gasteiger partial charge in [-0.1, -0.05) is 60.7 Å². The molecule has 29 heavy (non-hydrogen) atoms. The Morgan fingerprint density at radius 1 is 0.897 bits per heavy atom. The number of ether oxygens (including phenoxy) is 2. The molecule has 3 atom stereocenters. The quantitative estimate of drug-likeness (QED) is 0.301. The van der Waals surface area contributed by atoms with Gasteiger partial charge in [-0.15, -0.1) is 0 Å². The maximum atomic E-state index is 10.5. The summed E-state index contributed by atoms with van der Waals surface area (Å²) in [5, 5.41) is 20.2. The minimum Gasteiger partial charge on any atom is -0.394 e. The van der Waals surface area contributed by atoms with Crippen molar-refractivity contribution < 1.29 is 19.7 Å². The Morgan fingerprint density at radius 3 is 1.93 bits per heavy atom. The van der Waals surface area contributed by atoms with Crippen molar-refractivity contribution in [2.24, 2.45) is 0 Å². The Balaban J connectivity index is 1.85. The molecule has 0 spiro atoms. The first kappa shape index (κ1) is 22.6. The fraction of sp³-hybridized carbons (Fsp3) is 0.286. The van der Waals surface area contributed by atoms with Crippen LogP contribution in [0.3, 0.4) is 0 Å². The molecule has 0 saturated heterocycles. The molecule has 0 bridgehead atoms. The van der Waals surface area contributed by atoms with Gasteiger partial charge in [-0.2, -0.15) is 0 Å². The zero-order valence-electron chi connectivity index (χ0n) is 15.5. The molecule has 8 heteroatoms. The summed E-state index contributed by atoms with van der Waals surface area (Å²) >= 11 is 4.23. The first-order valence-electron chi connectivity index (χ1n) is 9.09. The van der Waals surface area contributed by atoms with Crippen LogP contribution in [-0.2, 0) is 22.7 Å². The molecule has 3 N–H and O–H groups in total. The number of benzene rings is 2. The topological polar surface area (TPSA) is 87.6 Å². The van der Waals surface area contributed by atoms with Crippen LogP contribution in [0.5, 0.6) is 0 Å². The lowest BCUT2D eigenvalue weighted by Gasteiger charge is -2.30. The van der Waals surface area contributed by atoms with Crippen molar-refractivity contribution in [1.29, 1.82) is 0 Å². The van der Waals surface area contributed by atoms with Crippen LogP contribution >= 0.6 is 45.2 Å². The number of aromatic amines is 1. The van der Waals surface area contributed by atoms with Gasteiger partial charge in [0.05, 0.1) is 25.5 Å². The van der Waals surface area contributed by atoms with Gasteiger partial charge in [0.25, 0.3) is 0 Å². The summed E-state index contributed by atoms with van der Waals surface area (Å²) in [7, 11) is 0. The van der Waals surface area contributed by atoms with Gasteiger partial charge in [0.15, 0.2) is 3.83 Å². The number of H-pyrrole nitrogens is 1. The molecule has 1 heterocycles. The average molecular weight is 620 g/mol. The van der Waals surface area contributed by atoms with Crippen molar-refractivity contribution in [2.45, 2.75) is 31.5 Å². The number of imidazole rings is 1. The molecule has 0 saturated carbocycles. The Hall–Kier alpha value is -1.05. The minimum atomic E-state index is -1.11. The van der Waals surface area contributed by atoms with E-state index in [0.29, 0.717) is 6.61 Å². The highest BCUT2D eigenvalue weighted by Crippen LogP contribution is 2.30. The van der Waals surface area contributed by atoms with Gasteiger partial charge < -0.3 is 24.7 Å². The summed E-state index contributed by atoms with van der Waals surface area (Å²) in [6, 6.07) is 19.5. The first-order valence-corrected chi connectivity index (χ1v) is 11.2. The molecule has 0 unspecified atom stereocenters. The molecular formula is C21H22I2N2O4. The largest absolute Gasteiger partial charge is 0.394 e. The number of aliphatic hydroxyl groups excluding tert-OH is 2. The molecule has 2 aromatic carbocycles. The monoisotopic (exact) mass is 620 g/mol. The van der Waals surface area contributed by atoms with E-state index < -0.39 is 24.9 Å². The second kappa shape index (κ2) is 11.4.